The molecule has 5 heavy (non-hydrogen) atoms. The van der Waals surface area contributed by atoms with Crippen LogP contribution in [0.4, 0.5) is 0 Å². The monoisotopic (exact) mass is 154 g/mol. The molecule has 0 saturated heterocycles. The molecule has 0 amide bonds. The highest BCUT2D eigenvalue weighted by atomic mass is 79.9. The van der Waals surface area contributed by atoms with E-state index in [0.717, 1.165) is 5.33 Å². The predicted molar refractivity (Wildman–Crippen MR) is 35.4 cm³/mol. The number of rotatable bonds is 1. The van der Waals surface area contributed by atoms with Crippen LogP contribution in [-0.4, -0.2) is 16.3 Å². The standard InChI is InChI=1S/C3H7Br.H4Si/c1-2-3-4;/h2-3H2,1H3;1H4. The molecule has 0 saturated carbocycles. The first-order valence-electron chi connectivity index (χ1n) is 1.47. The Kier molecular flexibility index (Phi) is 16.2. The fourth-order valence-corrected chi connectivity index (χ4v) is 0. The van der Waals surface area contributed by atoms with Crippen molar-refractivity contribution in [3.05, 3.63) is 0 Å². The van der Waals surface area contributed by atoms with Gasteiger partial charge in [0.1, 0.15) is 0 Å². The van der Waals surface area contributed by atoms with Gasteiger partial charge in [-0.3, -0.25) is 0 Å². The average molecular weight is 155 g/mol. The van der Waals surface area contributed by atoms with E-state index in [1.807, 2.05) is 0 Å². The Bertz CT molecular complexity index is 8.85. The summed E-state index contributed by atoms with van der Waals surface area (Å²) < 4.78 is 0. The van der Waals surface area contributed by atoms with Gasteiger partial charge in [-0.2, -0.15) is 0 Å². The van der Waals surface area contributed by atoms with Crippen molar-refractivity contribution in [3.8, 4) is 0 Å². The van der Waals surface area contributed by atoms with Crippen LogP contribution in [0, 0.1) is 0 Å². The second-order valence-corrected chi connectivity index (χ2v) is 1.48. The largest absolute Gasteiger partial charge is 0.0928 e. The lowest BCUT2D eigenvalue weighted by Gasteiger charge is -1.66. The van der Waals surface area contributed by atoms with E-state index in [0.29, 0.717) is 0 Å². The molecule has 0 bridgehead atoms. The topological polar surface area (TPSA) is 0 Å². The maximum Gasteiger partial charge on any atom is 0.00286 e. The van der Waals surface area contributed by atoms with Crippen molar-refractivity contribution in [3.63, 3.8) is 0 Å². The van der Waals surface area contributed by atoms with E-state index in [4.69, 9.17) is 0 Å². The Balaban J connectivity index is 0. The van der Waals surface area contributed by atoms with Crippen LogP contribution >= 0.6 is 15.9 Å². The van der Waals surface area contributed by atoms with Gasteiger partial charge in [0.05, 0.1) is 0 Å². The average Bonchev–Trinajstić information content (AvgIpc) is 1.37. The molecular formula is C3H11BrSi. The molecule has 0 aliphatic heterocycles. The Morgan fingerprint density at radius 2 is 1.80 bits per heavy atom. The Hall–Kier alpha value is 0.697. The van der Waals surface area contributed by atoms with E-state index in [-0.39, 0.29) is 11.0 Å². The van der Waals surface area contributed by atoms with Gasteiger partial charge in [0, 0.05) is 5.33 Å². The molecule has 0 unspecified atom stereocenters. The molecule has 0 aromatic carbocycles. The molecule has 0 aliphatic carbocycles. The summed E-state index contributed by atoms with van der Waals surface area (Å²) in [6.45, 7) is 2.13. The number of hydrogen-bond donors (Lipinski definition) is 0. The summed E-state index contributed by atoms with van der Waals surface area (Å²) >= 11 is 3.25. The fraction of sp³-hybridized carbons (Fsp3) is 1.00. The van der Waals surface area contributed by atoms with E-state index < -0.39 is 0 Å². The molecule has 0 aliphatic rings. The summed E-state index contributed by atoms with van der Waals surface area (Å²) in [5, 5.41) is 1.13. The molecular weight excluding hydrogens is 144 g/mol. The lowest BCUT2D eigenvalue weighted by molar-refractivity contribution is 1.12. The smallest absolute Gasteiger partial charge is 0.00286 e. The van der Waals surface area contributed by atoms with Crippen LogP contribution < -0.4 is 0 Å². The zero-order chi connectivity index (χ0) is 3.41. The molecule has 0 aromatic heterocycles. The van der Waals surface area contributed by atoms with E-state index in [1.165, 1.54) is 6.42 Å². The third-order valence-corrected chi connectivity index (χ3v) is 0.982. The van der Waals surface area contributed by atoms with Crippen molar-refractivity contribution in [2.24, 2.45) is 0 Å². The number of halogens is 1. The van der Waals surface area contributed by atoms with Crippen molar-refractivity contribution in [2.75, 3.05) is 5.33 Å². The molecule has 0 radical (unpaired) electrons. The van der Waals surface area contributed by atoms with Crippen molar-refractivity contribution >= 4 is 26.9 Å². The van der Waals surface area contributed by atoms with Gasteiger partial charge in [-0.05, 0) is 17.4 Å². The third kappa shape index (κ3) is 11.9. The molecule has 0 nitrogen and oxygen atoms in total. The van der Waals surface area contributed by atoms with Gasteiger partial charge in [0.2, 0.25) is 0 Å². The maximum atomic E-state index is 3.25. The molecule has 0 heterocycles. The Morgan fingerprint density at radius 3 is 1.80 bits per heavy atom. The minimum atomic E-state index is 0. The van der Waals surface area contributed by atoms with Gasteiger partial charge < -0.3 is 0 Å². The quantitative estimate of drug-likeness (QED) is 0.378. The highest BCUT2D eigenvalue weighted by molar-refractivity contribution is 9.09. The third-order valence-electron chi connectivity index (χ3n) is 0.189. The Morgan fingerprint density at radius 1 is 1.60 bits per heavy atom. The van der Waals surface area contributed by atoms with Crippen LogP contribution in [0.5, 0.6) is 0 Å². The van der Waals surface area contributed by atoms with E-state index in [2.05, 4.69) is 22.9 Å². The zero-order valence-electron chi connectivity index (χ0n) is 2.79. The second kappa shape index (κ2) is 8.83. The molecule has 0 spiro atoms. The van der Waals surface area contributed by atoms with Crippen LogP contribution in [0.25, 0.3) is 0 Å². The summed E-state index contributed by atoms with van der Waals surface area (Å²) in [4.78, 5) is 0. The first kappa shape index (κ1) is 9.20. The van der Waals surface area contributed by atoms with E-state index in [1.54, 1.807) is 0 Å². The molecule has 0 rings (SSSR count). The summed E-state index contributed by atoms with van der Waals surface area (Å²) in [5.74, 6) is 0. The number of alkyl halides is 1. The van der Waals surface area contributed by atoms with Crippen LogP contribution in [0.3, 0.4) is 0 Å². The van der Waals surface area contributed by atoms with Crippen molar-refractivity contribution in [1.82, 2.24) is 0 Å². The van der Waals surface area contributed by atoms with Gasteiger partial charge in [-0.15, -0.1) is 0 Å². The van der Waals surface area contributed by atoms with Crippen LogP contribution in [-0.2, 0) is 0 Å². The maximum absolute atomic E-state index is 3.25. The summed E-state index contributed by atoms with van der Waals surface area (Å²) in [5.41, 5.74) is 0. The number of hydrogen-bond acceptors (Lipinski definition) is 0. The molecule has 0 fully saturated rings. The van der Waals surface area contributed by atoms with Crippen molar-refractivity contribution < 1.29 is 0 Å². The highest BCUT2D eigenvalue weighted by Gasteiger charge is 1.58. The molecule has 2 heteroatoms. The molecule has 0 N–H and O–H groups in total. The molecule has 0 aromatic rings. The van der Waals surface area contributed by atoms with Gasteiger partial charge in [0.15, 0.2) is 0 Å². The van der Waals surface area contributed by atoms with E-state index in [9.17, 15) is 0 Å². The summed E-state index contributed by atoms with van der Waals surface area (Å²) in [6, 6.07) is 0. The van der Waals surface area contributed by atoms with Crippen LogP contribution in [0.15, 0.2) is 0 Å². The van der Waals surface area contributed by atoms with Crippen LogP contribution in [0.2, 0.25) is 0 Å². The van der Waals surface area contributed by atoms with E-state index >= 15 is 0 Å². The first-order chi connectivity index (χ1) is 1.91. The lowest BCUT2D eigenvalue weighted by atomic mass is 10.6. The minimum absolute atomic E-state index is 0. The fourth-order valence-electron chi connectivity index (χ4n) is 0. The Labute approximate surface area is 46.1 Å². The molecule has 0 atom stereocenters. The van der Waals surface area contributed by atoms with Gasteiger partial charge in [-0.25, -0.2) is 0 Å². The summed E-state index contributed by atoms with van der Waals surface area (Å²) in [6.07, 6.45) is 1.24. The predicted octanol–water partition coefficient (Wildman–Crippen LogP) is 0.340. The van der Waals surface area contributed by atoms with Crippen molar-refractivity contribution in [2.45, 2.75) is 13.3 Å². The minimum Gasteiger partial charge on any atom is -0.0928 e. The van der Waals surface area contributed by atoms with Crippen molar-refractivity contribution in [1.29, 1.82) is 0 Å². The SMILES string of the molecule is CCCBr.[SiH4]. The van der Waals surface area contributed by atoms with Gasteiger partial charge in [0.25, 0.3) is 0 Å². The molecule has 34 valence electrons. The zero-order valence-corrected chi connectivity index (χ0v) is 4.38. The van der Waals surface area contributed by atoms with Crippen LogP contribution in [0.1, 0.15) is 13.3 Å². The first-order valence-corrected chi connectivity index (χ1v) is 2.60. The van der Waals surface area contributed by atoms with Gasteiger partial charge in [-0.1, -0.05) is 22.9 Å². The lowest BCUT2D eigenvalue weighted by Crippen LogP contribution is -1.54. The van der Waals surface area contributed by atoms with Gasteiger partial charge >= 0.3 is 0 Å². The second-order valence-electron chi connectivity index (χ2n) is 0.689. The highest BCUT2D eigenvalue weighted by Crippen LogP contribution is 1.80. The normalized spacial score (nSPS) is 6.00. The summed E-state index contributed by atoms with van der Waals surface area (Å²) in [7, 11) is 0.